The first-order chi connectivity index (χ1) is 9.41. The summed E-state index contributed by atoms with van der Waals surface area (Å²) in [6.07, 6.45) is 1.23. The van der Waals surface area contributed by atoms with Crippen LogP contribution in [0.2, 0.25) is 0 Å². The summed E-state index contributed by atoms with van der Waals surface area (Å²) in [4.78, 5) is 2.15. The molecule has 1 aliphatic rings. The molecule has 1 unspecified atom stereocenters. The molecule has 5 nitrogen and oxygen atoms in total. The first kappa shape index (κ1) is 15.4. The fourth-order valence-corrected chi connectivity index (χ4v) is 3.35. The van der Waals surface area contributed by atoms with E-state index in [2.05, 4.69) is 4.90 Å². The smallest absolute Gasteiger partial charge is 0.211 e. The van der Waals surface area contributed by atoms with Crippen LogP contribution in [0, 0.1) is 5.82 Å². The molecule has 1 fully saturated rings. The van der Waals surface area contributed by atoms with Gasteiger partial charge in [-0.15, -0.1) is 0 Å². The highest BCUT2D eigenvalue weighted by molar-refractivity contribution is 7.88. The van der Waals surface area contributed by atoms with Gasteiger partial charge in [-0.3, -0.25) is 4.90 Å². The number of hydrogen-bond acceptors (Lipinski definition) is 4. The van der Waals surface area contributed by atoms with E-state index in [1.807, 2.05) is 0 Å². The molecule has 20 heavy (non-hydrogen) atoms. The molecule has 1 aromatic rings. The highest BCUT2D eigenvalue weighted by Gasteiger charge is 2.27. The Morgan fingerprint density at radius 3 is 2.20 bits per heavy atom. The van der Waals surface area contributed by atoms with Crippen LogP contribution in [0.1, 0.15) is 11.6 Å². The molecule has 2 rings (SSSR count). The third-order valence-electron chi connectivity index (χ3n) is 3.66. The molecular weight excluding hydrogens is 281 g/mol. The first-order valence-electron chi connectivity index (χ1n) is 6.56. The number of hydrogen-bond donors (Lipinski definition) is 1. The lowest BCUT2D eigenvalue weighted by molar-refractivity contribution is 0.140. The summed E-state index contributed by atoms with van der Waals surface area (Å²) >= 11 is 0. The Labute approximate surface area is 119 Å². The molecule has 0 saturated carbocycles. The molecule has 0 aromatic heterocycles. The van der Waals surface area contributed by atoms with Gasteiger partial charge in [0.25, 0.3) is 0 Å². The maximum Gasteiger partial charge on any atom is 0.211 e. The van der Waals surface area contributed by atoms with E-state index in [-0.39, 0.29) is 11.9 Å². The third kappa shape index (κ3) is 3.54. The van der Waals surface area contributed by atoms with Gasteiger partial charge in [0, 0.05) is 38.8 Å². The first-order valence-corrected chi connectivity index (χ1v) is 8.41. The molecule has 0 bridgehead atoms. The van der Waals surface area contributed by atoms with Crippen molar-refractivity contribution in [2.75, 3.05) is 39.0 Å². The van der Waals surface area contributed by atoms with Crippen molar-refractivity contribution in [3.8, 4) is 0 Å². The lowest BCUT2D eigenvalue weighted by Gasteiger charge is -2.38. The minimum atomic E-state index is -3.13. The van der Waals surface area contributed by atoms with Crippen LogP contribution in [0.5, 0.6) is 0 Å². The van der Waals surface area contributed by atoms with Gasteiger partial charge in [-0.2, -0.15) is 4.31 Å². The highest BCUT2D eigenvalue weighted by atomic mass is 32.2. The summed E-state index contributed by atoms with van der Waals surface area (Å²) in [5, 5.41) is 0. The molecule has 0 amide bonds. The number of nitrogens with zero attached hydrogens (tertiary/aromatic N) is 2. The molecule has 1 atom stereocenters. The second-order valence-electron chi connectivity index (χ2n) is 5.00. The van der Waals surface area contributed by atoms with Gasteiger partial charge in [-0.25, -0.2) is 12.8 Å². The van der Waals surface area contributed by atoms with E-state index in [0.717, 1.165) is 5.56 Å². The Bertz CT molecular complexity index is 539. The molecule has 1 saturated heterocycles. The van der Waals surface area contributed by atoms with Gasteiger partial charge in [-0.1, -0.05) is 12.1 Å². The molecule has 1 aliphatic heterocycles. The summed E-state index contributed by atoms with van der Waals surface area (Å²) in [6, 6.07) is 6.30. The van der Waals surface area contributed by atoms with E-state index in [1.54, 1.807) is 12.1 Å². The monoisotopic (exact) mass is 301 g/mol. The van der Waals surface area contributed by atoms with Crippen molar-refractivity contribution in [2.24, 2.45) is 5.73 Å². The number of nitrogens with two attached hydrogens (primary N) is 1. The standard InChI is InChI=1S/C13H20FN3O2S/c1-20(18,19)17-8-6-16(7-9-17)13(10-15)11-2-4-12(14)5-3-11/h2-5,13H,6-10,15H2,1H3. The molecular formula is C13H20FN3O2S. The highest BCUT2D eigenvalue weighted by Crippen LogP contribution is 2.22. The van der Waals surface area contributed by atoms with Crippen molar-refractivity contribution < 1.29 is 12.8 Å². The fraction of sp³-hybridized carbons (Fsp3) is 0.538. The maximum atomic E-state index is 13.0. The van der Waals surface area contributed by atoms with E-state index in [0.29, 0.717) is 32.7 Å². The number of benzene rings is 1. The SMILES string of the molecule is CS(=O)(=O)N1CCN(C(CN)c2ccc(F)cc2)CC1. The summed E-state index contributed by atoms with van der Waals surface area (Å²) in [5.41, 5.74) is 6.79. The van der Waals surface area contributed by atoms with Crippen LogP contribution in [0.15, 0.2) is 24.3 Å². The molecule has 112 valence electrons. The van der Waals surface area contributed by atoms with Gasteiger partial charge < -0.3 is 5.73 Å². The minimum Gasteiger partial charge on any atom is -0.329 e. The normalized spacial score (nSPS) is 19.9. The van der Waals surface area contributed by atoms with Crippen LogP contribution in [0.3, 0.4) is 0 Å². The summed E-state index contributed by atoms with van der Waals surface area (Å²) in [6.45, 7) is 2.62. The van der Waals surface area contributed by atoms with Crippen LogP contribution < -0.4 is 5.73 Å². The molecule has 0 spiro atoms. The quantitative estimate of drug-likeness (QED) is 0.874. The molecule has 0 aliphatic carbocycles. The van der Waals surface area contributed by atoms with Gasteiger partial charge in [0.05, 0.1) is 6.26 Å². The Morgan fingerprint density at radius 1 is 1.20 bits per heavy atom. The van der Waals surface area contributed by atoms with E-state index >= 15 is 0 Å². The topological polar surface area (TPSA) is 66.6 Å². The second-order valence-corrected chi connectivity index (χ2v) is 6.98. The Kier molecular flexibility index (Phi) is 4.74. The molecule has 1 aromatic carbocycles. The maximum absolute atomic E-state index is 13.0. The van der Waals surface area contributed by atoms with Gasteiger partial charge in [0.2, 0.25) is 10.0 Å². The van der Waals surface area contributed by atoms with Crippen molar-refractivity contribution in [1.82, 2.24) is 9.21 Å². The summed E-state index contributed by atoms with van der Waals surface area (Å²) in [7, 11) is -3.13. The van der Waals surface area contributed by atoms with Crippen molar-refractivity contribution in [1.29, 1.82) is 0 Å². The Balaban J connectivity index is 2.06. The van der Waals surface area contributed by atoms with Crippen molar-refractivity contribution in [3.05, 3.63) is 35.6 Å². The van der Waals surface area contributed by atoms with Crippen molar-refractivity contribution in [3.63, 3.8) is 0 Å². The van der Waals surface area contributed by atoms with Gasteiger partial charge in [0.1, 0.15) is 5.82 Å². The number of halogens is 1. The van der Waals surface area contributed by atoms with Gasteiger partial charge in [0.15, 0.2) is 0 Å². The lowest BCUT2D eigenvalue weighted by atomic mass is 10.0. The Hall–Kier alpha value is -1.02. The van der Waals surface area contributed by atoms with E-state index in [9.17, 15) is 12.8 Å². The summed E-state index contributed by atoms with van der Waals surface area (Å²) < 4.78 is 37.4. The van der Waals surface area contributed by atoms with E-state index < -0.39 is 10.0 Å². The predicted octanol–water partition coefficient (Wildman–Crippen LogP) is 0.403. The van der Waals surface area contributed by atoms with Crippen LogP contribution in [0.4, 0.5) is 4.39 Å². The number of sulfonamides is 1. The van der Waals surface area contributed by atoms with Crippen LogP contribution in [-0.2, 0) is 10.0 Å². The lowest BCUT2D eigenvalue weighted by Crippen LogP contribution is -2.50. The molecule has 2 N–H and O–H groups in total. The zero-order valence-corrected chi connectivity index (χ0v) is 12.3. The van der Waals surface area contributed by atoms with Crippen molar-refractivity contribution in [2.45, 2.75) is 6.04 Å². The van der Waals surface area contributed by atoms with Crippen LogP contribution >= 0.6 is 0 Å². The van der Waals surface area contributed by atoms with Crippen molar-refractivity contribution >= 4 is 10.0 Å². The molecule has 7 heteroatoms. The van der Waals surface area contributed by atoms with E-state index in [1.165, 1.54) is 22.7 Å². The minimum absolute atomic E-state index is 0.00249. The number of piperazine rings is 1. The van der Waals surface area contributed by atoms with Gasteiger partial charge in [-0.05, 0) is 17.7 Å². The zero-order valence-electron chi connectivity index (χ0n) is 11.5. The molecule has 1 heterocycles. The zero-order chi connectivity index (χ0) is 14.8. The molecule has 0 radical (unpaired) electrons. The van der Waals surface area contributed by atoms with E-state index in [4.69, 9.17) is 5.73 Å². The largest absolute Gasteiger partial charge is 0.329 e. The second kappa shape index (κ2) is 6.17. The summed E-state index contributed by atoms with van der Waals surface area (Å²) in [5.74, 6) is -0.272. The average Bonchev–Trinajstić information content (AvgIpc) is 2.41. The van der Waals surface area contributed by atoms with Crippen LogP contribution in [-0.4, -0.2) is 56.6 Å². The van der Waals surface area contributed by atoms with Crippen LogP contribution in [0.25, 0.3) is 0 Å². The van der Waals surface area contributed by atoms with Gasteiger partial charge >= 0.3 is 0 Å². The Morgan fingerprint density at radius 2 is 1.75 bits per heavy atom. The fourth-order valence-electron chi connectivity index (χ4n) is 2.53. The predicted molar refractivity (Wildman–Crippen MR) is 76.2 cm³/mol. The average molecular weight is 301 g/mol. The third-order valence-corrected chi connectivity index (χ3v) is 4.96. The number of rotatable bonds is 4.